The van der Waals surface area contributed by atoms with Gasteiger partial charge in [-0.2, -0.15) is 0 Å². The second-order valence-electron chi connectivity index (χ2n) is 7.36. The average molecular weight is 442 g/mol. The first-order valence-electron chi connectivity index (χ1n) is 10.1. The number of thiocarbonyl (C=S) groups is 1. The number of nitrogens with zero attached hydrogens (tertiary/aromatic N) is 1. The minimum absolute atomic E-state index is 0.0671. The molecule has 2 atom stereocenters. The minimum Gasteiger partial charge on any atom is -0.496 e. The van der Waals surface area contributed by atoms with Crippen LogP contribution in [-0.2, 0) is 16.1 Å². The van der Waals surface area contributed by atoms with Gasteiger partial charge in [0.15, 0.2) is 0 Å². The van der Waals surface area contributed by atoms with E-state index in [1.807, 2.05) is 12.1 Å². The number of nitrogens with one attached hydrogen (secondary N) is 1. The Kier molecular flexibility index (Phi) is 9.48. The number of rotatable bonds is 13. The summed E-state index contributed by atoms with van der Waals surface area (Å²) in [4.78, 5) is 15.0. The maximum Gasteiger partial charge on any atom is 0.250 e. The zero-order valence-electron chi connectivity index (χ0n) is 17.1. The topological polar surface area (TPSA) is 105 Å². The first-order chi connectivity index (χ1) is 13.9. The molecule has 0 spiro atoms. The van der Waals surface area contributed by atoms with E-state index in [9.17, 15) is 13.6 Å². The number of hydrogen-bond acceptors (Lipinski definition) is 4. The number of carbonyl (C=O) groups excluding carboxylic acids is 1. The summed E-state index contributed by atoms with van der Waals surface area (Å²) in [5.41, 5.74) is 7.07. The van der Waals surface area contributed by atoms with E-state index in [0.717, 1.165) is 37.7 Å². The van der Waals surface area contributed by atoms with Gasteiger partial charge in [0, 0.05) is 6.04 Å². The molecule has 1 saturated carbocycles. The number of hydrogen-bond donors (Lipinski definition) is 3. The lowest BCUT2D eigenvalue weighted by atomic mass is 9.91. The Morgan fingerprint density at radius 2 is 2.07 bits per heavy atom. The summed E-state index contributed by atoms with van der Waals surface area (Å²) in [5, 5.41) is 1.54. The van der Waals surface area contributed by atoms with Gasteiger partial charge >= 0.3 is 0 Å². The highest BCUT2D eigenvalue weighted by Gasteiger charge is 2.33. The predicted molar refractivity (Wildman–Crippen MR) is 119 cm³/mol. The predicted octanol–water partition coefficient (Wildman–Crippen LogP) is 3.41. The third-order valence-electron chi connectivity index (χ3n) is 5.10. The average Bonchev–Trinajstić information content (AvgIpc) is 3.52. The molecule has 1 amide bonds. The van der Waals surface area contributed by atoms with Gasteiger partial charge < -0.3 is 10.5 Å². The molecule has 0 bridgehead atoms. The van der Waals surface area contributed by atoms with Crippen LogP contribution in [-0.4, -0.2) is 37.8 Å². The molecule has 162 valence electrons. The Morgan fingerprint density at radius 3 is 2.62 bits per heavy atom. The van der Waals surface area contributed by atoms with Gasteiger partial charge in [-0.3, -0.25) is 14.4 Å². The molecule has 0 aromatic heterocycles. The molecular formula is C20H31N3O4S2. The Balaban J connectivity index is 2.23. The van der Waals surface area contributed by atoms with Crippen molar-refractivity contribution in [1.29, 1.82) is 0 Å². The van der Waals surface area contributed by atoms with Crippen LogP contribution in [0.2, 0.25) is 0 Å². The summed E-state index contributed by atoms with van der Waals surface area (Å²) >= 11 is 3.36. The van der Waals surface area contributed by atoms with Crippen molar-refractivity contribution in [1.82, 2.24) is 9.84 Å². The number of primary amides is 1. The second-order valence-corrected chi connectivity index (χ2v) is 8.43. The molecule has 1 aliphatic carbocycles. The fraction of sp³-hybridized carbons (Fsp3) is 0.600. The lowest BCUT2D eigenvalue weighted by Gasteiger charge is -2.25. The summed E-state index contributed by atoms with van der Waals surface area (Å²) in [6.07, 6.45) is 7.96. The maximum absolute atomic E-state index is 12.1. The van der Waals surface area contributed by atoms with E-state index in [2.05, 4.69) is 11.8 Å². The lowest BCUT2D eigenvalue weighted by molar-refractivity contribution is -0.119. The van der Waals surface area contributed by atoms with Crippen LogP contribution in [0, 0.1) is 0 Å². The Bertz CT molecular complexity index is 740. The van der Waals surface area contributed by atoms with Crippen molar-refractivity contribution in [2.75, 3.05) is 7.11 Å². The smallest absolute Gasteiger partial charge is 0.250 e. The van der Waals surface area contributed by atoms with Gasteiger partial charge in [-0.15, -0.1) is 4.83 Å². The Morgan fingerprint density at radius 1 is 1.38 bits per heavy atom. The van der Waals surface area contributed by atoms with E-state index in [4.69, 9.17) is 22.7 Å². The van der Waals surface area contributed by atoms with Gasteiger partial charge in [-0.1, -0.05) is 57.3 Å². The van der Waals surface area contributed by atoms with Crippen LogP contribution >= 0.6 is 12.2 Å². The molecule has 9 heteroatoms. The number of benzene rings is 1. The van der Waals surface area contributed by atoms with Crippen molar-refractivity contribution in [3.63, 3.8) is 0 Å². The standard InChI is InChI=1S/C20H31N3O4S2/c1-3-4-5-6-7-8-16(19(21)24)14-9-12-18(27-2)17(13-14)20(28)23(15-10-11-15)22-29(25)26/h9,12-13,15-16,22H,3-8,10-11H2,1-2H3,(H2,21,24)(H,25,26). The molecule has 4 N–H and O–H groups in total. The molecule has 1 aliphatic rings. The summed E-state index contributed by atoms with van der Waals surface area (Å²) in [7, 11) is 1.54. The Hall–Kier alpha value is -1.55. The van der Waals surface area contributed by atoms with Gasteiger partial charge in [0.05, 0.1) is 18.6 Å². The zero-order valence-corrected chi connectivity index (χ0v) is 18.7. The van der Waals surface area contributed by atoms with Gasteiger partial charge in [-0.05, 0) is 37.0 Å². The third-order valence-corrected chi connectivity index (χ3v) is 5.87. The normalized spacial score (nSPS) is 15.6. The van der Waals surface area contributed by atoms with Crippen LogP contribution in [0.4, 0.5) is 0 Å². The molecule has 7 nitrogen and oxygen atoms in total. The summed E-state index contributed by atoms with van der Waals surface area (Å²) < 4.78 is 26.0. The number of unbranched alkanes of at least 4 members (excludes halogenated alkanes) is 4. The SMILES string of the molecule is CCCCCCCC(C(N)=O)c1ccc(OC)c(C(=S)N(NS(=O)O)C2CC2)c1. The highest BCUT2D eigenvalue weighted by molar-refractivity contribution is 7.81. The lowest BCUT2D eigenvalue weighted by Crippen LogP contribution is -2.44. The molecule has 2 rings (SSSR count). The first kappa shape index (κ1) is 23.7. The van der Waals surface area contributed by atoms with E-state index < -0.39 is 17.2 Å². The van der Waals surface area contributed by atoms with Crippen LogP contribution in [0.25, 0.3) is 0 Å². The van der Waals surface area contributed by atoms with Crippen molar-refractivity contribution in [2.45, 2.75) is 70.3 Å². The van der Waals surface area contributed by atoms with Crippen LogP contribution in [0.1, 0.15) is 75.3 Å². The summed E-state index contributed by atoms with van der Waals surface area (Å²) in [6, 6.07) is 5.49. The largest absolute Gasteiger partial charge is 0.496 e. The van der Waals surface area contributed by atoms with Crippen LogP contribution < -0.4 is 15.3 Å². The van der Waals surface area contributed by atoms with E-state index in [0.29, 0.717) is 22.7 Å². The second kappa shape index (κ2) is 11.6. The number of ether oxygens (including phenoxy) is 1. The van der Waals surface area contributed by atoms with Crippen molar-refractivity contribution in [3.05, 3.63) is 29.3 Å². The van der Waals surface area contributed by atoms with E-state index >= 15 is 0 Å². The van der Waals surface area contributed by atoms with E-state index in [1.54, 1.807) is 13.2 Å². The monoisotopic (exact) mass is 441 g/mol. The molecule has 0 heterocycles. The summed E-state index contributed by atoms with van der Waals surface area (Å²) in [6.45, 7) is 2.17. The van der Waals surface area contributed by atoms with Crippen molar-refractivity contribution < 1.29 is 18.3 Å². The Labute approximate surface area is 180 Å². The number of hydrazine groups is 1. The molecule has 0 radical (unpaired) electrons. The number of methoxy groups -OCH3 is 1. The number of carbonyl (C=O) groups is 1. The molecule has 1 aromatic carbocycles. The molecule has 1 fully saturated rings. The van der Waals surface area contributed by atoms with Gasteiger partial charge in [-0.25, -0.2) is 4.21 Å². The highest BCUT2D eigenvalue weighted by Crippen LogP contribution is 2.32. The van der Waals surface area contributed by atoms with Gasteiger partial charge in [0.2, 0.25) is 5.91 Å². The van der Waals surface area contributed by atoms with Gasteiger partial charge in [0.25, 0.3) is 11.3 Å². The number of amides is 1. The van der Waals surface area contributed by atoms with E-state index in [1.165, 1.54) is 17.9 Å². The van der Waals surface area contributed by atoms with Gasteiger partial charge in [0.1, 0.15) is 10.7 Å². The molecule has 29 heavy (non-hydrogen) atoms. The first-order valence-corrected chi connectivity index (χ1v) is 11.6. The quantitative estimate of drug-likeness (QED) is 0.188. The van der Waals surface area contributed by atoms with Crippen LogP contribution in [0.15, 0.2) is 18.2 Å². The minimum atomic E-state index is -2.23. The third kappa shape index (κ3) is 7.02. The fourth-order valence-corrected chi connectivity index (χ4v) is 4.18. The van der Waals surface area contributed by atoms with Crippen LogP contribution in [0.5, 0.6) is 5.75 Å². The molecule has 1 aromatic rings. The molecular weight excluding hydrogens is 410 g/mol. The van der Waals surface area contributed by atoms with Crippen molar-refractivity contribution in [2.24, 2.45) is 5.73 Å². The highest BCUT2D eigenvalue weighted by atomic mass is 32.2. The molecule has 0 saturated heterocycles. The number of nitrogens with two attached hydrogens (primary N) is 1. The molecule has 0 aliphatic heterocycles. The van der Waals surface area contributed by atoms with Crippen molar-refractivity contribution >= 4 is 34.4 Å². The molecule has 2 unspecified atom stereocenters. The fourth-order valence-electron chi connectivity index (χ4n) is 3.36. The summed E-state index contributed by atoms with van der Waals surface area (Å²) in [5.74, 6) is -0.226. The van der Waals surface area contributed by atoms with E-state index in [-0.39, 0.29) is 11.9 Å². The maximum atomic E-state index is 12.1. The van der Waals surface area contributed by atoms with Crippen molar-refractivity contribution in [3.8, 4) is 5.75 Å². The zero-order chi connectivity index (χ0) is 21.4. The van der Waals surface area contributed by atoms with Crippen LogP contribution in [0.3, 0.4) is 0 Å².